The number of aryl methyl sites for hydroxylation is 1. The zero-order valence-corrected chi connectivity index (χ0v) is 20.9. The van der Waals surface area contributed by atoms with Crippen molar-refractivity contribution in [3.63, 3.8) is 0 Å². The summed E-state index contributed by atoms with van der Waals surface area (Å²) in [6, 6.07) is 10.4. The summed E-state index contributed by atoms with van der Waals surface area (Å²) in [6.07, 6.45) is 3.88. The van der Waals surface area contributed by atoms with E-state index in [1.807, 2.05) is 30.3 Å². The summed E-state index contributed by atoms with van der Waals surface area (Å²) in [4.78, 5) is 37.9. The summed E-state index contributed by atoms with van der Waals surface area (Å²) < 4.78 is 42.6. The number of aromatic nitrogens is 1. The van der Waals surface area contributed by atoms with E-state index in [0.29, 0.717) is 25.4 Å². The fourth-order valence-electron chi connectivity index (χ4n) is 4.75. The van der Waals surface area contributed by atoms with Gasteiger partial charge in [-0.1, -0.05) is 18.2 Å². The topological polar surface area (TPSA) is 86.6 Å². The molecule has 0 radical (unpaired) electrons. The second-order valence-corrected chi connectivity index (χ2v) is 9.15. The van der Waals surface area contributed by atoms with Crippen molar-refractivity contribution in [1.29, 1.82) is 0 Å². The Bertz CT molecular complexity index is 1350. The molecule has 0 aliphatic heterocycles. The number of nitrogens with zero attached hydrogens (tertiary/aromatic N) is 1. The fourth-order valence-corrected chi connectivity index (χ4v) is 4.75. The number of nitrogens with one attached hydrogen (secondary N) is 1. The third-order valence-corrected chi connectivity index (χ3v) is 6.78. The summed E-state index contributed by atoms with van der Waals surface area (Å²) in [6.45, 7) is 4.09. The van der Waals surface area contributed by atoms with Crippen LogP contribution in [0.1, 0.15) is 49.9 Å². The van der Waals surface area contributed by atoms with Gasteiger partial charge in [0.05, 0.1) is 24.1 Å². The van der Waals surface area contributed by atoms with E-state index in [2.05, 4.69) is 5.32 Å². The SMILES string of the molecule is CCOC(=O)c1cn(CC)c2c(F)c(NC(=O)C3CCC(COc4ccccc4)CC3)c(F)cc2c1=O. The molecule has 1 saturated carbocycles. The molecule has 1 fully saturated rings. The Morgan fingerprint density at radius 2 is 1.78 bits per heavy atom. The number of pyridine rings is 1. The van der Waals surface area contributed by atoms with Crippen LogP contribution in [0, 0.1) is 23.5 Å². The molecular formula is C28H30F2N2O5. The van der Waals surface area contributed by atoms with Gasteiger partial charge in [0, 0.05) is 18.7 Å². The Labute approximate surface area is 213 Å². The van der Waals surface area contributed by atoms with Crippen molar-refractivity contribution in [2.24, 2.45) is 11.8 Å². The van der Waals surface area contributed by atoms with Gasteiger partial charge < -0.3 is 19.4 Å². The molecule has 196 valence electrons. The van der Waals surface area contributed by atoms with Crippen molar-refractivity contribution < 1.29 is 27.8 Å². The van der Waals surface area contributed by atoms with Crippen molar-refractivity contribution in [2.45, 2.75) is 46.1 Å². The van der Waals surface area contributed by atoms with Crippen LogP contribution in [-0.2, 0) is 16.1 Å². The maximum atomic E-state index is 15.5. The Morgan fingerprint density at radius 1 is 1.08 bits per heavy atom. The van der Waals surface area contributed by atoms with Gasteiger partial charge >= 0.3 is 5.97 Å². The van der Waals surface area contributed by atoms with Crippen LogP contribution in [0.2, 0.25) is 0 Å². The Kier molecular flexibility index (Phi) is 8.21. The molecule has 4 rings (SSSR count). The summed E-state index contributed by atoms with van der Waals surface area (Å²) in [5.41, 5.74) is -1.92. The second-order valence-electron chi connectivity index (χ2n) is 9.15. The highest BCUT2D eigenvalue weighted by Crippen LogP contribution is 2.32. The summed E-state index contributed by atoms with van der Waals surface area (Å²) >= 11 is 0. The first-order valence-corrected chi connectivity index (χ1v) is 12.5. The predicted molar refractivity (Wildman–Crippen MR) is 136 cm³/mol. The lowest BCUT2D eigenvalue weighted by Gasteiger charge is -2.28. The molecule has 0 spiro atoms. The van der Waals surface area contributed by atoms with Crippen LogP contribution in [-0.4, -0.2) is 29.7 Å². The van der Waals surface area contributed by atoms with E-state index in [9.17, 15) is 18.8 Å². The molecule has 2 aromatic carbocycles. The first kappa shape index (κ1) is 26.3. The second kappa shape index (κ2) is 11.5. The molecule has 0 unspecified atom stereocenters. The zero-order chi connectivity index (χ0) is 26.5. The van der Waals surface area contributed by atoms with Crippen molar-refractivity contribution >= 4 is 28.5 Å². The van der Waals surface area contributed by atoms with Gasteiger partial charge in [-0.25, -0.2) is 13.6 Å². The number of ether oxygens (including phenoxy) is 2. The van der Waals surface area contributed by atoms with Gasteiger partial charge in [0.25, 0.3) is 0 Å². The van der Waals surface area contributed by atoms with Gasteiger partial charge in [-0.3, -0.25) is 9.59 Å². The lowest BCUT2D eigenvalue weighted by molar-refractivity contribution is -0.121. The average Bonchev–Trinajstić information content (AvgIpc) is 2.91. The Balaban J connectivity index is 1.50. The molecule has 1 aromatic heterocycles. The van der Waals surface area contributed by atoms with E-state index in [1.54, 1.807) is 13.8 Å². The molecule has 7 nitrogen and oxygen atoms in total. The van der Waals surface area contributed by atoms with Gasteiger partial charge in [0.1, 0.15) is 17.0 Å². The molecule has 3 aromatic rings. The van der Waals surface area contributed by atoms with Gasteiger partial charge in [0.2, 0.25) is 11.3 Å². The van der Waals surface area contributed by atoms with Crippen molar-refractivity contribution in [3.8, 4) is 5.75 Å². The number of para-hydroxylation sites is 1. The molecule has 0 saturated heterocycles. The molecule has 37 heavy (non-hydrogen) atoms. The number of amides is 1. The zero-order valence-electron chi connectivity index (χ0n) is 20.9. The minimum absolute atomic E-state index is 0.0537. The van der Waals surface area contributed by atoms with Crippen LogP contribution in [0.3, 0.4) is 0 Å². The third kappa shape index (κ3) is 5.65. The van der Waals surface area contributed by atoms with E-state index in [0.717, 1.165) is 24.7 Å². The first-order chi connectivity index (χ1) is 17.8. The monoisotopic (exact) mass is 512 g/mol. The maximum Gasteiger partial charge on any atom is 0.343 e. The Hall–Kier alpha value is -3.75. The molecule has 0 atom stereocenters. The Morgan fingerprint density at radius 3 is 2.43 bits per heavy atom. The van der Waals surface area contributed by atoms with Crippen molar-refractivity contribution in [1.82, 2.24) is 4.57 Å². The molecule has 1 amide bonds. The highest BCUT2D eigenvalue weighted by Gasteiger charge is 2.29. The first-order valence-electron chi connectivity index (χ1n) is 12.5. The van der Waals surface area contributed by atoms with E-state index < -0.39 is 34.6 Å². The number of hydrogen-bond donors (Lipinski definition) is 1. The number of carbonyl (C=O) groups is 2. The van der Waals surface area contributed by atoms with Crippen LogP contribution in [0.5, 0.6) is 5.75 Å². The summed E-state index contributed by atoms with van der Waals surface area (Å²) in [5, 5.41) is 2.12. The lowest BCUT2D eigenvalue weighted by Crippen LogP contribution is -2.29. The summed E-state index contributed by atoms with van der Waals surface area (Å²) in [5.74, 6) is -2.75. The molecule has 9 heteroatoms. The number of anilines is 1. The number of fused-ring (bicyclic) bond motifs is 1. The largest absolute Gasteiger partial charge is 0.493 e. The van der Waals surface area contributed by atoms with Crippen LogP contribution in [0.4, 0.5) is 14.5 Å². The molecule has 0 bridgehead atoms. The van der Waals surface area contributed by atoms with Gasteiger partial charge in [0.15, 0.2) is 11.6 Å². The van der Waals surface area contributed by atoms with Crippen LogP contribution in [0.15, 0.2) is 47.4 Å². The van der Waals surface area contributed by atoms with E-state index in [1.165, 1.54) is 10.8 Å². The van der Waals surface area contributed by atoms with Gasteiger partial charge in [-0.15, -0.1) is 0 Å². The van der Waals surface area contributed by atoms with Crippen LogP contribution >= 0.6 is 0 Å². The standard InChI is InChI=1S/C28H30F2N2O5/c1-3-32-15-21(28(35)36-4-2)26(33)20-14-22(29)24(23(30)25(20)32)31-27(34)18-12-10-17(11-13-18)16-37-19-8-6-5-7-9-19/h5-9,14-15,17-18H,3-4,10-13,16H2,1-2H3,(H,31,34). The summed E-state index contributed by atoms with van der Waals surface area (Å²) in [7, 11) is 0. The number of esters is 1. The highest BCUT2D eigenvalue weighted by atomic mass is 19.1. The molecule has 1 heterocycles. The average molecular weight is 513 g/mol. The molecule has 1 N–H and O–H groups in total. The quantitative estimate of drug-likeness (QED) is 0.414. The predicted octanol–water partition coefficient (Wildman–Crippen LogP) is 5.30. The smallest absolute Gasteiger partial charge is 0.343 e. The third-order valence-electron chi connectivity index (χ3n) is 6.78. The maximum absolute atomic E-state index is 15.5. The normalized spacial score (nSPS) is 17.4. The lowest BCUT2D eigenvalue weighted by atomic mass is 9.82. The number of rotatable bonds is 8. The minimum Gasteiger partial charge on any atom is -0.493 e. The number of halogens is 2. The van der Waals surface area contributed by atoms with E-state index in [4.69, 9.17) is 9.47 Å². The van der Waals surface area contributed by atoms with Crippen LogP contribution in [0.25, 0.3) is 10.9 Å². The van der Waals surface area contributed by atoms with Gasteiger partial charge in [-0.2, -0.15) is 0 Å². The molecule has 1 aliphatic rings. The van der Waals surface area contributed by atoms with E-state index in [-0.39, 0.29) is 35.5 Å². The molecule has 1 aliphatic carbocycles. The highest BCUT2D eigenvalue weighted by molar-refractivity contribution is 5.98. The number of benzene rings is 2. The number of hydrogen-bond acceptors (Lipinski definition) is 5. The van der Waals surface area contributed by atoms with E-state index >= 15 is 4.39 Å². The molecular weight excluding hydrogens is 482 g/mol. The number of carbonyl (C=O) groups excluding carboxylic acids is 2. The van der Waals surface area contributed by atoms with Crippen molar-refractivity contribution in [3.05, 3.63) is 70.0 Å². The van der Waals surface area contributed by atoms with Crippen molar-refractivity contribution in [2.75, 3.05) is 18.5 Å². The van der Waals surface area contributed by atoms with Crippen LogP contribution < -0.4 is 15.5 Å². The fraction of sp³-hybridized carbons (Fsp3) is 0.393. The van der Waals surface area contributed by atoms with Gasteiger partial charge in [-0.05, 0) is 63.6 Å². The minimum atomic E-state index is -1.08.